The van der Waals surface area contributed by atoms with Gasteiger partial charge >= 0.3 is 13.8 Å². The maximum absolute atomic E-state index is 14.7. The number of nitrogens with zero attached hydrogens (tertiary/aromatic N) is 11. The van der Waals surface area contributed by atoms with Crippen LogP contribution in [0.4, 0.5) is 10.9 Å². The summed E-state index contributed by atoms with van der Waals surface area (Å²) in [6.07, 6.45) is 7.56. The fourth-order valence-electron chi connectivity index (χ4n) is 10.3. The Hall–Kier alpha value is -5.82. The number of hydrogen-bond donors (Lipinski definition) is 1. The van der Waals surface area contributed by atoms with Crippen molar-refractivity contribution in [1.82, 2.24) is 44.9 Å². The first kappa shape index (κ1) is 56.4. The van der Waals surface area contributed by atoms with E-state index in [-0.39, 0.29) is 37.4 Å². The Bertz CT molecular complexity index is 2870. The quantitative estimate of drug-likeness (QED) is 0.0461. The van der Waals surface area contributed by atoms with Crippen LogP contribution in [-0.4, -0.2) is 125 Å². The van der Waals surface area contributed by atoms with Crippen molar-refractivity contribution in [3.8, 4) is 23.5 Å². The molecule has 2 saturated heterocycles. The first-order chi connectivity index (χ1) is 36.0. The average molecular weight is 1090 g/mol. The number of nitrogen functional groups attached to an aromatic ring is 1. The highest BCUT2D eigenvalue weighted by Crippen LogP contribution is 2.57. The lowest BCUT2D eigenvalue weighted by molar-refractivity contribution is -0.156. The topological polar surface area (TPSA) is 252 Å². The lowest BCUT2D eigenvalue weighted by Gasteiger charge is -2.32. The molecular formula is C53H73N12O9PS. The Morgan fingerprint density at radius 3 is 2.49 bits per heavy atom. The number of hydrogen-bond acceptors (Lipinski definition) is 20. The van der Waals surface area contributed by atoms with Gasteiger partial charge in [-0.05, 0) is 125 Å². The van der Waals surface area contributed by atoms with Gasteiger partial charge in [0.1, 0.15) is 35.5 Å². The lowest BCUT2D eigenvalue weighted by atomic mass is 9.72. The summed E-state index contributed by atoms with van der Waals surface area (Å²) in [5.41, 5.74) is 6.60. The van der Waals surface area contributed by atoms with Crippen LogP contribution in [0.25, 0.3) is 11.5 Å². The van der Waals surface area contributed by atoms with Gasteiger partial charge in [0, 0.05) is 48.7 Å². The van der Waals surface area contributed by atoms with Crippen LogP contribution < -0.4 is 15.4 Å². The molecule has 0 spiro atoms. The number of nitriles is 1. The molecule has 5 atom stereocenters. The number of likely N-dealkylation sites (tertiary alicyclic amines) is 1. The van der Waals surface area contributed by atoms with Crippen molar-refractivity contribution in [2.45, 2.75) is 162 Å². The molecule has 21 nitrogen and oxygen atoms in total. The fraction of sp³-hybridized carbons (Fsp3) is 0.604. The van der Waals surface area contributed by atoms with Gasteiger partial charge in [0.25, 0.3) is 5.88 Å². The highest BCUT2D eigenvalue weighted by molar-refractivity contribution is 7.48. The number of rotatable bonds is 19. The number of phosphoric acid groups is 1. The van der Waals surface area contributed by atoms with Gasteiger partial charge in [-0.25, -0.2) is 24.0 Å². The molecule has 76 heavy (non-hydrogen) atoms. The number of esters is 1. The first-order valence-corrected chi connectivity index (χ1v) is 28.5. The number of aromatic nitrogens is 7. The van der Waals surface area contributed by atoms with Crippen LogP contribution in [0.15, 0.2) is 53.3 Å². The molecule has 5 aromatic rings. The predicted molar refractivity (Wildman–Crippen MR) is 285 cm³/mol. The Balaban J connectivity index is 0.855. The van der Waals surface area contributed by atoms with Gasteiger partial charge in [-0.1, -0.05) is 59.6 Å². The molecule has 2 N–H and O–H groups in total. The van der Waals surface area contributed by atoms with E-state index in [4.69, 9.17) is 43.3 Å². The first-order valence-electron chi connectivity index (χ1n) is 26.3. The molecule has 2 fully saturated rings. The standard InChI is InChI=1S/C53H73N12O9PS/c1-34(2)44(47(66)64-31-37(72-75(68,73-51(4,5)6)74-52(7,8)9)28-40(64)48(67)70-33-36-18-12-11-13-19-36)65-32-42(59-61-65)69-27-15-14-24-62-25-17-26-63(35(3)30-62)50-56-23-21-39(57-50)46-58-49(71-60-46)53(10)22-16-20-41-43(53)38(29-54)45(55)76-41/h11-13,18-19,21,23,32,34-35,37,40,44H,14-17,20,22,24-28,30-31,33,55H2,1-10H3/t35-,37+,40-,44-,53-/m0/s1. The van der Waals surface area contributed by atoms with Crippen molar-refractivity contribution < 1.29 is 41.7 Å². The Morgan fingerprint density at radius 2 is 1.78 bits per heavy atom. The third-order valence-corrected chi connectivity index (χ3v) is 16.8. The van der Waals surface area contributed by atoms with E-state index in [9.17, 15) is 19.4 Å². The Kier molecular flexibility index (Phi) is 17.4. The van der Waals surface area contributed by atoms with E-state index in [0.29, 0.717) is 40.5 Å². The molecular weight excluding hydrogens is 1010 g/mol. The molecule has 6 heterocycles. The minimum atomic E-state index is -4.21. The molecule has 0 bridgehead atoms. The largest absolute Gasteiger partial charge is 0.476 e. The molecule has 1 aromatic carbocycles. The predicted octanol–water partition coefficient (Wildman–Crippen LogP) is 8.70. The van der Waals surface area contributed by atoms with Gasteiger partial charge in [-0.15, -0.1) is 11.3 Å². The third kappa shape index (κ3) is 13.5. The molecule has 0 unspecified atom stereocenters. The number of aryl methyl sites for hydroxylation is 1. The van der Waals surface area contributed by atoms with Crippen molar-refractivity contribution in [3.05, 3.63) is 76.3 Å². The minimum Gasteiger partial charge on any atom is -0.475 e. The molecule has 1 aliphatic carbocycles. The Morgan fingerprint density at radius 1 is 1.03 bits per heavy atom. The van der Waals surface area contributed by atoms with E-state index in [1.807, 2.05) is 51.1 Å². The number of benzene rings is 1. The zero-order valence-corrected chi connectivity index (χ0v) is 47.1. The summed E-state index contributed by atoms with van der Waals surface area (Å²) < 4.78 is 51.4. The van der Waals surface area contributed by atoms with Gasteiger partial charge in [0.2, 0.25) is 23.6 Å². The number of thiophene rings is 1. The van der Waals surface area contributed by atoms with Crippen LogP contribution in [0.5, 0.6) is 5.88 Å². The number of carbonyl (C=O) groups excluding carboxylic acids is 2. The van der Waals surface area contributed by atoms with E-state index < -0.39 is 54.5 Å². The van der Waals surface area contributed by atoms with E-state index in [0.717, 1.165) is 80.7 Å². The summed E-state index contributed by atoms with van der Waals surface area (Å²) >= 11 is 1.47. The second-order valence-corrected chi connectivity index (χ2v) is 25.1. The van der Waals surface area contributed by atoms with E-state index in [1.165, 1.54) is 20.9 Å². The Labute approximate surface area is 449 Å². The fourth-order valence-corrected chi connectivity index (χ4v) is 13.4. The number of phosphoric ester groups is 1. The summed E-state index contributed by atoms with van der Waals surface area (Å²) in [5.74, 6) is 0.383. The van der Waals surface area contributed by atoms with Crippen molar-refractivity contribution in [2.24, 2.45) is 5.92 Å². The maximum atomic E-state index is 14.7. The highest BCUT2D eigenvalue weighted by atomic mass is 32.1. The molecule has 410 valence electrons. The molecule has 4 aromatic heterocycles. The summed E-state index contributed by atoms with van der Waals surface area (Å²) in [6.45, 7) is 22.2. The number of anilines is 2. The molecule has 1 amide bonds. The molecule has 23 heteroatoms. The molecule has 2 aliphatic heterocycles. The van der Waals surface area contributed by atoms with Crippen molar-refractivity contribution in [2.75, 3.05) is 50.0 Å². The molecule has 8 rings (SSSR count). The normalized spacial score (nSPS) is 21.1. The second-order valence-electron chi connectivity index (χ2n) is 22.5. The summed E-state index contributed by atoms with van der Waals surface area (Å²) in [5, 5.41) is 23.4. The minimum absolute atomic E-state index is 0.00278. The number of nitrogens with two attached hydrogens (primary N) is 1. The van der Waals surface area contributed by atoms with Crippen molar-refractivity contribution in [3.63, 3.8) is 0 Å². The van der Waals surface area contributed by atoms with Crippen molar-refractivity contribution in [1.29, 1.82) is 5.26 Å². The smallest absolute Gasteiger partial charge is 0.475 e. The highest BCUT2D eigenvalue weighted by Gasteiger charge is 2.49. The maximum Gasteiger partial charge on any atom is 0.476 e. The van der Waals surface area contributed by atoms with Gasteiger partial charge in [0.05, 0.1) is 41.1 Å². The lowest BCUT2D eigenvalue weighted by Crippen LogP contribution is -2.46. The number of amides is 1. The number of carbonyl (C=O) groups is 2. The average Bonchev–Trinajstić information content (AvgIpc) is 4.16. The molecule has 0 radical (unpaired) electrons. The van der Waals surface area contributed by atoms with Crippen LogP contribution in [0.2, 0.25) is 0 Å². The molecule has 3 aliphatic rings. The number of fused-ring (bicyclic) bond motifs is 1. The number of unbranched alkanes of at least 4 members (excludes halogenated alkanes) is 1. The summed E-state index contributed by atoms with van der Waals surface area (Å²) in [4.78, 5) is 50.2. The van der Waals surface area contributed by atoms with Crippen LogP contribution in [0.3, 0.4) is 0 Å². The van der Waals surface area contributed by atoms with Crippen molar-refractivity contribution >= 4 is 42.0 Å². The van der Waals surface area contributed by atoms with Gasteiger partial charge in [-0.2, -0.15) is 10.2 Å². The SMILES string of the molecule is CC(C)[C@@H](C(=O)N1C[C@H](OP(=O)(OC(C)(C)C)OC(C)(C)C)C[C@H]1C(=O)OCc1ccccc1)n1cc(OCCCCN2CCCN(c3nccc(-c4noc([C@@]5(C)CCCc6sc(N)c(C#N)c65)n4)n3)[C@@H](C)C2)nn1. The van der Waals surface area contributed by atoms with E-state index >= 15 is 0 Å². The van der Waals surface area contributed by atoms with Crippen LogP contribution in [0, 0.1) is 17.2 Å². The summed E-state index contributed by atoms with van der Waals surface area (Å²) in [7, 11) is -4.21. The van der Waals surface area contributed by atoms with Gasteiger partial charge in [-0.3, -0.25) is 18.4 Å². The monoisotopic (exact) mass is 1080 g/mol. The third-order valence-electron chi connectivity index (χ3n) is 13.6. The zero-order valence-electron chi connectivity index (χ0n) is 45.4. The van der Waals surface area contributed by atoms with Gasteiger partial charge < -0.3 is 34.4 Å². The zero-order chi connectivity index (χ0) is 54.6. The number of ether oxygens (including phenoxy) is 2. The second kappa shape index (κ2) is 23.4. The van der Waals surface area contributed by atoms with E-state index in [2.05, 4.69) is 43.2 Å². The van der Waals surface area contributed by atoms with Crippen LogP contribution in [0.1, 0.15) is 141 Å². The van der Waals surface area contributed by atoms with Crippen LogP contribution in [-0.2, 0) is 50.9 Å². The summed E-state index contributed by atoms with van der Waals surface area (Å²) in [6, 6.07) is 11.6. The van der Waals surface area contributed by atoms with Crippen LogP contribution >= 0.6 is 19.2 Å². The molecule has 0 saturated carbocycles. The van der Waals surface area contributed by atoms with Gasteiger partial charge in [0.15, 0.2) is 0 Å². The van der Waals surface area contributed by atoms with E-state index in [1.54, 1.807) is 60.0 Å².